The number of anilines is 1. The second-order valence-electron chi connectivity index (χ2n) is 2.35. The molecule has 0 fully saturated rings. The summed E-state index contributed by atoms with van der Waals surface area (Å²) < 4.78 is 12.9. The summed E-state index contributed by atoms with van der Waals surface area (Å²) in [5, 5.41) is 11.1. The van der Waals surface area contributed by atoms with E-state index in [0.29, 0.717) is 12.2 Å². The lowest BCUT2D eigenvalue weighted by molar-refractivity contribution is 0.350. The van der Waals surface area contributed by atoms with E-state index in [2.05, 4.69) is 17.2 Å². The van der Waals surface area contributed by atoms with Gasteiger partial charge in [-0.15, -0.1) is 0 Å². The van der Waals surface area contributed by atoms with Gasteiger partial charge >= 0.3 is 0 Å². The molecule has 0 atom stereocenters. The van der Waals surface area contributed by atoms with E-state index in [1.807, 2.05) is 0 Å². The molecule has 1 aromatic rings. The molecule has 3 heteroatoms. The Morgan fingerprint density at radius 2 is 2.08 bits per heavy atom. The maximum Gasteiger partial charge on any atom is 0.146 e. The first-order chi connectivity index (χ1) is 6.34. The molecule has 2 N–H and O–H groups in total. The number of rotatable bonds is 2. The van der Waals surface area contributed by atoms with Crippen molar-refractivity contribution in [3.63, 3.8) is 0 Å². The van der Waals surface area contributed by atoms with Crippen LogP contribution in [-0.2, 0) is 0 Å². The predicted molar refractivity (Wildman–Crippen MR) is 49.8 cm³/mol. The molecule has 0 bridgehead atoms. The van der Waals surface area contributed by atoms with E-state index in [-0.39, 0.29) is 12.4 Å². The third-order valence-electron chi connectivity index (χ3n) is 1.45. The molecule has 0 radical (unpaired) electrons. The van der Waals surface area contributed by atoms with Crippen LogP contribution in [0.5, 0.6) is 0 Å². The Kier molecular flexibility index (Phi) is 3.80. The maximum atomic E-state index is 12.9. The average molecular weight is 179 g/mol. The fourth-order valence-corrected chi connectivity index (χ4v) is 0.862. The van der Waals surface area contributed by atoms with Crippen molar-refractivity contribution in [2.75, 3.05) is 18.5 Å². The Hall–Kier alpha value is -1.53. The minimum absolute atomic E-state index is 0.168. The standard InChI is InChI=1S/C10H10FNO/c11-9-5-1-2-6-10(9)12-7-3-4-8-13/h1-2,5-6,12-13H,7-8H2. The second kappa shape index (κ2) is 5.18. The van der Waals surface area contributed by atoms with E-state index >= 15 is 0 Å². The summed E-state index contributed by atoms with van der Waals surface area (Å²) in [5.41, 5.74) is 0.426. The van der Waals surface area contributed by atoms with Crippen LogP contribution in [0.4, 0.5) is 10.1 Å². The maximum absolute atomic E-state index is 12.9. The Balaban J connectivity index is 2.50. The van der Waals surface area contributed by atoms with Crippen LogP contribution in [0.2, 0.25) is 0 Å². The fourth-order valence-electron chi connectivity index (χ4n) is 0.862. The van der Waals surface area contributed by atoms with Gasteiger partial charge in [0.05, 0.1) is 12.2 Å². The zero-order valence-electron chi connectivity index (χ0n) is 7.05. The Morgan fingerprint density at radius 3 is 2.77 bits per heavy atom. The number of hydrogen-bond donors (Lipinski definition) is 2. The van der Waals surface area contributed by atoms with Crippen LogP contribution in [0.15, 0.2) is 24.3 Å². The molecule has 13 heavy (non-hydrogen) atoms. The minimum atomic E-state index is -0.298. The number of aliphatic hydroxyl groups excluding tert-OH is 1. The molecule has 0 aromatic heterocycles. The summed E-state index contributed by atoms with van der Waals surface area (Å²) in [6, 6.07) is 6.38. The van der Waals surface area contributed by atoms with Crippen LogP contribution in [0.1, 0.15) is 0 Å². The summed E-state index contributed by atoms with van der Waals surface area (Å²) >= 11 is 0. The molecule has 0 unspecified atom stereocenters. The number of aliphatic hydroxyl groups is 1. The van der Waals surface area contributed by atoms with Gasteiger partial charge in [-0.3, -0.25) is 0 Å². The third-order valence-corrected chi connectivity index (χ3v) is 1.45. The molecule has 0 saturated carbocycles. The molecule has 0 saturated heterocycles. The molecular weight excluding hydrogens is 169 g/mol. The number of benzene rings is 1. The first-order valence-corrected chi connectivity index (χ1v) is 3.89. The summed E-state index contributed by atoms with van der Waals surface area (Å²) in [4.78, 5) is 0. The lowest BCUT2D eigenvalue weighted by atomic mass is 10.3. The molecule has 0 amide bonds. The van der Waals surface area contributed by atoms with Crippen molar-refractivity contribution in [1.82, 2.24) is 0 Å². The van der Waals surface area contributed by atoms with Crippen molar-refractivity contribution in [2.24, 2.45) is 0 Å². The second-order valence-corrected chi connectivity index (χ2v) is 2.35. The van der Waals surface area contributed by atoms with Crippen molar-refractivity contribution >= 4 is 5.69 Å². The molecule has 1 rings (SSSR count). The molecule has 2 nitrogen and oxygen atoms in total. The molecule has 0 aliphatic carbocycles. The topological polar surface area (TPSA) is 32.3 Å². The summed E-state index contributed by atoms with van der Waals surface area (Å²) in [7, 11) is 0. The average Bonchev–Trinajstić information content (AvgIpc) is 2.15. The lowest BCUT2D eigenvalue weighted by Crippen LogP contribution is -2.00. The smallest absolute Gasteiger partial charge is 0.146 e. The van der Waals surface area contributed by atoms with Gasteiger partial charge in [-0.2, -0.15) is 0 Å². The number of hydrogen-bond acceptors (Lipinski definition) is 2. The molecule has 1 aromatic carbocycles. The van der Waals surface area contributed by atoms with Gasteiger partial charge in [0.15, 0.2) is 0 Å². The van der Waals surface area contributed by atoms with Crippen LogP contribution in [0.25, 0.3) is 0 Å². The van der Waals surface area contributed by atoms with Crippen molar-refractivity contribution < 1.29 is 9.50 Å². The number of halogens is 1. The normalized spacial score (nSPS) is 8.77. The minimum Gasteiger partial charge on any atom is -0.384 e. The van der Waals surface area contributed by atoms with Crippen molar-refractivity contribution in [3.8, 4) is 11.8 Å². The van der Waals surface area contributed by atoms with Gasteiger partial charge in [-0.25, -0.2) is 4.39 Å². The third kappa shape index (κ3) is 3.14. The van der Waals surface area contributed by atoms with Gasteiger partial charge in [0.25, 0.3) is 0 Å². The van der Waals surface area contributed by atoms with E-state index in [9.17, 15) is 4.39 Å². The van der Waals surface area contributed by atoms with E-state index < -0.39 is 0 Å². The van der Waals surface area contributed by atoms with Gasteiger partial charge < -0.3 is 10.4 Å². The monoisotopic (exact) mass is 179 g/mol. The number of nitrogens with one attached hydrogen (secondary N) is 1. The summed E-state index contributed by atoms with van der Waals surface area (Å²) in [6.07, 6.45) is 0. The predicted octanol–water partition coefficient (Wildman–Crippen LogP) is 1.23. The summed E-state index contributed by atoms with van der Waals surface area (Å²) in [6.45, 7) is 0.167. The highest BCUT2D eigenvalue weighted by molar-refractivity contribution is 5.45. The Bertz CT molecular complexity index is 327. The van der Waals surface area contributed by atoms with Crippen LogP contribution in [0.3, 0.4) is 0 Å². The zero-order chi connectivity index (χ0) is 9.52. The van der Waals surface area contributed by atoms with Gasteiger partial charge in [0, 0.05) is 0 Å². The Labute approximate surface area is 76.4 Å². The SMILES string of the molecule is OCC#CCNc1ccccc1F. The molecule has 0 aliphatic rings. The fraction of sp³-hybridized carbons (Fsp3) is 0.200. The van der Waals surface area contributed by atoms with Crippen molar-refractivity contribution in [1.29, 1.82) is 0 Å². The molecule has 0 heterocycles. The van der Waals surface area contributed by atoms with Crippen molar-refractivity contribution in [2.45, 2.75) is 0 Å². The first kappa shape index (κ1) is 9.56. The molecular formula is C10H10FNO. The van der Waals surface area contributed by atoms with Gasteiger partial charge in [-0.05, 0) is 12.1 Å². The highest BCUT2D eigenvalue weighted by Crippen LogP contribution is 2.11. The molecule has 0 aliphatic heterocycles. The first-order valence-electron chi connectivity index (χ1n) is 3.89. The quantitative estimate of drug-likeness (QED) is 0.669. The lowest BCUT2D eigenvalue weighted by Gasteiger charge is -2.01. The van der Waals surface area contributed by atoms with Crippen LogP contribution in [0, 0.1) is 17.7 Å². The van der Waals surface area contributed by atoms with Gasteiger partial charge in [-0.1, -0.05) is 24.0 Å². The largest absolute Gasteiger partial charge is 0.384 e. The highest BCUT2D eigenvalue weighted by Gasteiger charge is 1.96. The van der Waals surface area contributed by atoms with Gasteiger partial charge in [0.1, 0.15) is 12.4 Å². The Morgan fingerprint density at radius 1 is 1.31 bits per heavy atom. The van der Waals surface area contributed by atoms with E-state index in [0.717, 1.165) is 0 Å². The van der Waals surface area contributed by atoms with Crippen molar-refractivity contribution in [3.05, 3.63) is 30.1 Å². The summed E-state index contributed by atoms with van der Waals surface area (Å²) in [5.74, 6) is 4.79. The molecule has 68 valence electrons. The van der Waals surface area contributed by atoms with E-state index in [4.69, 9.17) is 5.11 Å². The van der Waals surface area contributed by atoms with Crippen LogP contribution < -0.4 is 5.32 Å². The van der Waals surface area contributed by atoms with Gasteiger partial charge in [0.2, 0.25) is 0 Å². The van der Waals surface area contributed by atoms with Crippen LogP contribution in [-0.4, -0.2) is 18.3 Å². The van der Waals surface area contributed by atoms with Crippen LogP contribution >= 0.6 is 0 Å². The van der Waals surface area contributed by atoms with E-state index in [1.54, 1.807) is 18.2 Å². The zero-order valence-corrected chi connectivity index (χ0v) is 7.05. The highest BCUT2D eigenvalue weighted by atomic mass is 19.1. The number of para-hydroxylation sites is 1. The molecule has 0 spiro atoms. The van der Waals surface area contributed by atoms with E-state index in [1.165, 1.54) is 6.07 Å².